The molecule has 0 spiro atoms. The normalized spacial score (nSPS) is 16.6. The number of nitrogens with zero attached hydrogens (tertiary/aromatic N) is 1. The molecule has 1 fully saturated rings. The molecule has 0 radical (unpaired) electrons. The van der Waals surface area contributed by atoms with Gasteiger partial charge in [-0.1, -0.05) is 19.1 Å². The van der Waals surface area contributed by atoms with Crippen molar-refractivity contribution in [2.75, 3.05) is 18.0 Å². The molecular weight excluding hydrogens is 284 g/mol. The molecule has 1 N–H and O–H groups in total. The molecule has 1 saturated heterocycles. The number of aromatic amines is 1. The lowest BCUT2D eigenvalue weighted by molar-refractivity contribution is 0.438. The summed E-state index contributed by atoms with van der Waals surface area (Å²) in [6.07, 6.45) is 5.62. The second-order valence-corrected chi connectivity index (χ2v) is 7.46. The number of hydrogen-bond acceptors (Lipinski definition) is 3. The van der Waals surface area contributed by atoms with Gasteiger partial charge in [-0.25, -0.2) is 0 Å². The van der Waals surface area contributed by atoms with Crippen molar-refractivity contribution in [2.24, 2.45) is 5.92 Å². The van der Waals surface area contributed by atoms with Crippen LogP contribution in [0.15, 0.2) is 30.5 Å². The third-order valence-corrected chi connectivity index (χ3v) is 5.23. The molecule has 2 nitrogen and oxygen atoms in total. The highest BCUT2D eigenvalue weighted by molar-refractivity contribution is 7.73. The van der Waals surface area contributed by atoms with Crippen LogP contribution in [0, 0.1) is 9.87 Å². The number of hydrogen-bond donors (Lipinski definition) is 1. The van der Waals surface area contributed by atoms with E-state index in [2.05, 4.69) is 41.1 Å². The summed E-state index contributed by atoms with van der Waals surface area (Å²) in [5, 5.41) is 0. The van der Waals surface area contributed by atoms with E-state index in [1.165, 1.54) is 42.1 Å². The van der Waals surface area contributed by atoms with Crippen molar-refractivity contribution in [1.29, 1.82) is 0 Å². The fraction of sp³-hybridized carbons (Fsp3) is 0.438. The molecule has 1 aliphatic heterocycles. The van der Waals surface area contributed by atoms with Crippen molar-refractivity contribution in [3.8, 4) is 0 Å². The van der Waals surface area contributed by atoms with Crippen molar-refractivity contribution in [2.45, 2.75) is 26.2 Å². The molecule has 20 heavy (non-hydrogen) atoms. The van der Waals surface area contributed by atoms with E-state index in [0.29, 0.717) is 0 Å². The fourth-order valence-corrected chi connectivity index (χ4v) is 3.79. The summed E-state index contributed by atoms with van der Waals surface area (Å²) >= 11 is 6.78. The quantitative estimate of drug-likeness (QED) is 0.834. The molecule has 1 aliphatic rings. The Morgan fingerprint density at radius 3 is 2.55 bits per heavy atom. The molecule has 2 aromatic rings. The van der Waals surface area contributed by atoms with Gasteiger partial charge in [0.15, 0.2) is 3.95 Å². The van der Waals surface area contributed by atoms with Gasteiger partial charge in [-0.3, -0.25) is 0 Å². The first-order chi connectivity index (χ1) is 9.70. The molecule has 0 amide bonds. The monoisotopic (exact) mass is 304 g/mol. The highest BCUT2D eigenvalue weighted by Crippen LogP contribution is 2.24. The van der Waals surface area contributed by atoms with Crippen molar-refractivity contribution < 1.29 is 0 Å². The van der Waals surface area contributed by atoms with E-state index in [0.717, 1.165) is 16.3 Å². The molecule has 0 unspecified atom stereocenters. The second-order valence-electron chi connectivity index (χ2n) is 5.66. The summed E-state index contributed by atoms with van der Waals surface area (Å²) in [7, 11) is 0. The minimum Gasteiger partial charge on any atom is -0.372 e. The molecule has 1 aromatic heterocycles. The van der Waals surface area contributed by atoms with E-state index in [9.17, 15) is 0 Å². The zero-order chi connectivity index (χ0) is 13.9. The van der Waals surface area contributed by atoms with Gasteiger partial charge in [0.25, 0.3) is 0 Å². The Hall–Kier alpha value is -1.13. The first-order valence-electron chi connectivity index (χ1n) is 7.22. The highest BCUT2D eigenvalue weighted by Gasteiger charge is 2.15. The van der Waals surface area contributed by atoms with Crippen molar-refractivity contribution in [3.63, 3.8) is 0 Å². The Kier molecular flexibility index (Phi) is 4.22. The van der Waals surface area contributed by atoms with Crippen LogP contribution in [0.1, 0.15) is 30.2 Å². The highest BCUT2D eigenvalue weighted by atomic mass is 32.1. The lowest BCUT2D eigenvalue weighted by atomic mass is 9.98. The van der Waals surface area contributed by atoms with Crippen LogP contribution in [0.5, 0.6) is 0 Å². The van der Waals surface area contributed by atoms with Gasteiger partial charge in [-0.05, 0) is 48.7 Å². The van der Waals surface area contributed by atoms with Crippen molar-refractivity contribution in [3.05, 3.63) is 44.9 Å². The van der Waals surface area contributed by atoms with Gasteiger partial charge >= 0.3 is 0 Å². The lowest BCUT2D eigenvalue weighted by Crippen LogP contribution is -2.32. The third kappa shape index (κ3) is 3.30. The van der Waals surface area contributed by atoms with Gasteiger partial charge in [0, 0.05) is 36.3 Å². The zero-order valence-electron chi connectivity index (χ0n) is 11.8. The first kappa shape index (κ1) is 13.8. The average molecular weight is 304 g/mol. The molecule has 0 aliphatic carbocycles. The number of anilines is 1. The average Bonchev–Trinajstić information content (AvgIpc) is 2.86. The maximum atomic E-state index is 5.12. The molecule has 3 rings (SSSR count). The van der Waals surface area contributed by atoms with Crippen LogP contribution in [-0.2, 0) is 6.42 Å². The van der Waals surface area contributed by atoms with Crippen molar-refractivity contribution in [1.82, 2.24) is 4.98 Å². The SMILES string of the molecule is CC1CCN(c2ccc(Cc3c[nH]c(=S)s3)cc2)CC1. The van der Waals surface area contributed by atoms with E-state index >= 15 is 0 Å². The van der Waals surface area contributed by atoms with Gasteiger partial charge in [0.2, 0.25) is 0 Å². The third-order valence-electron chi connectivity index (χ3n) is 4.04. The number of nitrogens with one attached hydrogen (secondary N) is 1. The van der Waals surface area contributed by atoms with Crippen LogP contribution in [-0.4, -0.2) is 18.1 Å². The smallest absolute Gasteiger partial charge is 0.158 e. The second kappa shape index (κ2) is 6.10. The molecule has 0 bridgehead atoms. The van der Waals surface area contributed by atoms with Crippen LogP contribution in [0.25, 0.3) is 0 Å². The number of piperidine rings is 1. The van der Waals surface area contributed by atoms with E-state index < -0.39 is 0 Å². The van der Waals surface area contributed by atoms with Crippen LogP contribution in [0.3, 0.4) is 0 Å². The molecular formula is C16H20N2S2. The maximum absolute atomic E-state index is 5.12. The van der Waals surface area contributed by atoms with E-state index in [1.807, 2.05) is 6.20 Å². The first-order valence-corrected chi connectivity index (χ1v) is 8.44. The number of thiazole rings is 1. The summed E-state index contributed by atoms with van der Waals surface area (Å²) in [6, 6.07) is 9.01. The van der Waals surface area contributed by atoms with E-state index in [-0.39, 0.29) is 0 Å². The minimum absolute atomic E-state index is 0.860. The van der Waals surface area contributed by atoms with Crippen LogP contribution in [0.2, 0.25) is 0 Å². The lowest BCUT2D eigenvalue weighted by Gasteiger charge is -2.32. The predicted octanol–water partition coefficient (Wildman–Crippen LogP) is 4.63. The van der Waals surface area contributed by atoms with Gasteiger partial charge in [-0.2, -0.15) is 0 Å². The minimum atomic E-state index is 0.860. The molecule has 4 heteroatoms. The number of benzene rings is 1. The Labute approximate surface area is 129 Å². The van der Waals surface area contributed by atoms with Gasteiger partial charge < -0.3 is 9.88 Å². The Morgan fingerprint density at radius 2 is 1.95 bits per heavy atom. The molecule has 1 aromatic carbocycles. The summed E-state index contributed by atoms with van der Waals surface area (Å²) in [4.78, 5) is 6.89. The topological polar surface area (TPSA) is 19.0 Å². The van der Waals surface area contributed by atoms with Crippen LogP contribution >= 0.6 is 23.6 Å². The molecule has 0 atom stereocenters. The zero-order valence-corrected chi connectivity index (χ0v) is 13.4. The molecule has 0 saturated carbocycles. The van der Waals surface area contributed by atoms with E-state index in [4.69, 9.17) is 12.2 Å². The Balaban J connectivity index is 1.66. The Bertz CT molecular complexity index is 604. The van der Waals surface area contributed by atoms with Gasteiger partial charge in [-0.15, -0.1) is 11.3 Å². The summed E-state index contributed by atoms with van der Waals surface area (Å²) in [5.41, 5.74) is 2.71. The summed E-state index contributed by atoms with van der Waals surface area (Å²) in [5.74, 6) is 0.883. The predicted molar refractivity (Wildman–Crippen MR) is 89.4 cm³/mol. The molecule has 106 valence electrons. The number of rotatable bonds is 3. The van der Waals surface area contributed by atoms with E-state index in [1.54, 1.807) is 11.3 Å². The fourth-order valence-electron chi connectivity index (χ4n) is 2.70. The standard InChI is InChI=1S/C16H20N2S2/c1-12-6-8-18(9-7-12)14-4-2-13(3-5-14)10-15-11-17-16(19)20-15/h2-5,11-12H,6-10H2,1H3,(H,17,19). The Morgan fingerprint density at radius 1 is 1.25 bits per heavy atom. The van der Waals surface area contributed by atoms with Crippen LogP contribution < -0.4 is 4.90 Å². The molecule has 2 heterocycles. The largest absolute Gasteiger partial charge is 0.372 e. The maximum Gasteiger partial charge on any atom is 0.158 e. The van der Waals surface area contributed by atoms with Gasteiger partial charge in [0.05, 0.1) is 0 Å². The van der Waals surface area contributed by atoms with Gasteiger partial charge in [0.1, 0.15) is 0 Å². The number of aromatic nitrogens is 1. The summed E-state index contributed by atoms with van der Waals surface area (Å²) in [6.45, 7) is 4.74. The summed E-state index contributed by atoms with van der Waals surface area (Å²) < 4.78 is 0.860. The van der Waals surface area contributed by atoms with Crippen molar-refractivity contribution >= 4 is 29.2 Å². The van der Waals surface area contributed by atoms with Crippen LogP contribution in [0.4, 0.5) is 5.69 Å². The number of H-pyrrole nitrogens is 1.